The lowest BCUT2D eigenvalue weighted by atomic mass is 10.0. The molecule has 0 radical (unpaired) electrons. The first kappa shape index (κ1) is 21.3. The molecule has 0 bridgehead atoms. The average Bonchev–Trinajstić information content (AvgIpc) is 2.90. The summed E-state index contributed by atoms with van der Waals surface area (Å²) in [6.45, 7) is 0.600. The van der Waals surface area contributed by atoms with E-state index in [2.05, 4.69) is 17.1 Å². The number of benzene rings is 3. The molecule has 0 atom stereocenters. The molecule has 3 aromatic carbocycles. The number of hydrogen-bond donors (Lipinski definition) is 0. The van der Waals surface area contributed by atoms with E-state index >= 15 is 0 Å². The van der Waals surface area contributed by atoms with Gasteiger partial charge in [0.15, 0.2) is 0 Å². The maximum atomic E-state index is 13.5. The first-order valence-corrected chi connectivity index (χ1v) is 11.0. The molecule has 0 fully saturated rings. The number of aromatic nitrogens is 1. The minimum absolute atomic E-state index is 0.00976. The Hall–Kier alpha value is -4.51. The topological polar surface area (TPSA) is 63.4 Å². The van der Waals surface area contributed by atoms with Gasteiger partial charge in [-0.15, -0.1) is 0 Å². The summed E-state index contributed by atoms with van der Waals surface area (Å²) in [5.74, 6) is -0.391. The molecule has 34 heavy (non-hydrogen) atoms. The Bertz CT molecular complexity index is 1480. The smallest absolute Gasteiger partial charge is 0.261 e. The predicted octanol–water partition coefficient (Wildman–Crippen LogP) is 5.70. The Morgan fingerprint density at radius 2 is 1.47 bits per heavy atom. The van der Waals surface area contributed by atoms with Gasteiger partial charge in [0.25, 0.3) is 5.91 Å². The summed E-state index contributed by atoms with van der Waals surface area (Å²) in [5, 5.41) is 0.387. The number of carbonyl (C=O) groups is 1. The van der Waals surface area contributed by atoms with Crippen LogP contribution in [0.4, 0.5) is 0 Å². The normalized spacial score (nSPS) is 10.8. The minimum Gasteiger partial charge on any atom is -0.463 e. The Balaban J connectivity index is 1.47. The Morgan fingerprint density at radius 3 is 2.24 bits per heavy atom. The van der Waals surface area contributed by atoms with Gasteiger partial charge in [-0.05, 0) is 41.0 Å². The summed E-state index contributed by atoms with van der Waals surface area (Å²) in [5.41, 5.74) is 4.05. The van der Waals surface area contributed by atoms with Gasteiger partial charge in [-0.1, -0.05) is 72.8 Å². The third-order valence-electron chi connectivity index (χ3n) is 5.71. The average molecular weight is 447 g/mol. The van der Waals surface area contributed by atoms with Gasteiger partial charge < -0.3 is 9.32 Å². The molecular weight excluding hydrogens is 424 g/mol. The SMILES string of the molecule is O=C(c1coc2ccccc2c1=O)N(Cc1ccc(-c2ccccc2)cc1)Cc1ccccn1. The highest BCUT2D eigenvalue weighted by Crippen LogP contribution is 2.21. The van der Waals surface area contributed by atoms with Gasteiger partial charge in [-0.2, -0.15) is 0 Å². The number of nitrogens with zero attached hydrogens (tertiary/aromatic N) is 2. The summed E-state index contributed by atoms with van der Waals surface area (Å²) < 4.78 is 5.60. The van der Waals surface area contributed by atoms with Crippen LogP contribution >= 0.6 is 0 Å². The largest absolute Gasteiger partial charge is 0.463 e. The van der Waals surface area contributed by atoms with Crippen LogP contribution in [0.25, 0.3) is 22.1 Å². The molecule has 0 unspecified atom stereocenters. The number of carbonyl (C=O) groups excluding carboxylic acids is 1. The molecule has 0 aliphatic carbocycles. The van der Waals surface area contributed by atoms with Gasteiger partial charge in [-0.3, -0.25) is 14.6 Å². The molecule has 0 spiro atoms. The summed E-state index contributed by atoms with van der Waals surface area (Å²) in [6.07, 6.45) is 2.95. The quantitative estimate of drug-likeness (QED) is 0.336. The van der Waals surface area contributed by atoms with Crippen LogP contribution in [0, 0.1) is 0 Å². The van der Waals surface area contributed by atoms with E-state index in [4.69, 9.17) is 4.42 Å². The number of pyridine rings is 1. The first-order valence-electron chi connectivity index (χ1n) is 11.0. The number of hydrogen-bond acceptors (Lipinski definition) is 4. The molecule has 5 aromatic rings. The molecule has 2 heterocycles. The van der Waals surface area contributed by atoms with Crippen molar-refractivity contribution in [3.63, 3.8) is 0 Å². The third kappa shape index (κ3) is 4.50. The lowest BCUT2D eigenvalue weighted by Gasteiger charge is -2.22. The van der Waals surface area contributed by atoms with Crippen LogP contribution in [0.3, 0.4) is 0 Å². The second kappa shape index (κ2) is 9.55. The Morgan fingerprint density at radius 1 is 0.765 bits per heavy atom. The van der Waals surface area contributed by atoms with Crippen LogP contribution in [0.5, 0.6) is 0 Å². The number of rotatable bonds is 6. The molecule has 0 N–H and O–H groups in total. The van der Waals surface area contributed by atoms with Crippen molar-refractivity contribution >= 4 is 16.9 Å². The van der Waals surface area contributed by atoms with Gasteiger partial charge >= 0.3 is 0 Å². The van der Waals surface area contributed by atoms with Crippen molar-refractivity contribution < 1.29 is 9.21 Å². The van der Waals surface area contributed by atoms with E-state index in [1.165, 1.54) is 6.26 Å². The molecule has 0 aliphatic heterocycles. The highest BCUT2D eigenvalue weighted by atomic mass is 16.3. The van der Waals surface area contributed by atoms with Crippen LogP contribution in [0.2, 0.25) is 0 Å². The van der Waals surface area contributed by atoms with Gasteiger partial charge in [0.05, 0.1) is 17.6 Å². The summed E-state index contributed by atoms with van der Waals surface area (Å²) >= 11 is 0. The van der Waals surface area contributed by atoms with E-state index in [0.29, 0.717) is 17.5 Å². The van der Waals surface area contributed by atoms with E-state index in [-0.39, 0.29) is 17.5 Å². The van der Waals surface area contributed by atoms with Crippen molar-refractivity contribution in [3.8, 4) is 11.1 Å². The summed E-state index contributed by atoms with van der Waals surface area (Å²) in [6, 6.07) is 30.7. The second-order valence-electron chi connectivity index (χ2n) is 8.02. The molecule has 0 aliphatic rings. The van der Waals surface area contributed by atoms with E-state index in [9.17, 15) is 9.59 Å². The molecule has 5 heteroatoms. The lowest BCUT2D eigenvalue weighted by Crippen LogP contribution is -2.33. The standard InChI is InChI=1S/C29H22N2O3/c32-28-25-11-4-5-12-27(25)34-20-26(28)29(33)31(19-24-10-6-7-17-30-24)18-21-13-15-23(16-14-21)22-8-2-1-3-9-22/h1-17,20H,18-19H2. The molecule has 5 rings (SSSR count). The lowest BCUT2D eigenvalue weighted by molar-refractivity contribution is 0.0724. The van der Waals surface area contributed by atoms with Crippen molar-refractivity contribution in [1.29, 1.82) is 0 Å². The van der Waals surface area contributed by atoms with Gasteiger partial charge in [0.2, 0.25) is 5.43 Å². The van der Waals surface area contributed by atoms with Crippen LogP contribution < -0.4 is 5.43 Å². The van der Waals surface area contributed by atoms with Crippen molar-refractivity contribution in [2.45, 2.75) is 13.1 Å². The maximum Gasteiger partial charge on any atom is 0.261 e. The molecule has 5 nitrogen and oxygen atoms in total. The zero-order valence-corrected chi connectivity index (χ0v) is 18.4. The summed E-state index contributed by atoms with van der Waals surface area (Å²) in [4.78, 5) is 32.6. The molecular formula is C29H22N2O3. The predicted molar refractivity (Wildman–Crippen MR) is 132 cm³/mol. The first-order chi connectivity index (χ1) is 16.7. The van der Waals surface area contributed by atoms with Crippen molar-refractivity contribution in [1.82, 2.24) is 9.88 Å². The molecule has 0 saturated heterocycles. The van der Waals surface area contributed by atoms with Crippen LogP contribution in [0.1, 0.15) is 21.6 Å². The molecule has 0 saturated carbocycles. The molecule has 166 valence electrons. The summed E-state index contributed by atoms with van der Waals surface area (Å²) in [7, 11) is 0. The van der Waals surface area contributed by atoms with Crippen LogP contribution in [-0.2, 0) is 13.1 Å². The zero-order valence-electron chi connectivity index (χ0n) is 18.4. The second-order valence-corrected chi connectivity index (χ2v) is 8.02. The molecule has 1 amide bonds. The van der Waals surface area contributed by atoms with Crippen molar-refractivity contribution in [2.75, 3.05) is 0 Å². The van der Waals surface area contributed by atoms with Gasteiger partial charge in [0.1, 0.15) is 17.4 Å². The number of para-hydroxylation sites is 1. The van der Waals surface area contributed by atoms with Crippen LogP contribution in [0.15, 0.2) is 119 Å². The van der Waals surface area contributed by atoms with E-state index < -0.39 is 5.91 Å². The fraction of sp³-hybridized carbons (Fsp3) is 0.0690. The van der Waals surface area contributed by atoms with E-state index in [1.807, 2.05) is 60.7 Å². The fourth-order valence-electron chi connectivity index (χ4n) is 3.94. The van der Waals surface area contributed by atoms with Crippen molar-refractivity contribution in [2.24, 2.45) is 0 Å². The Kier molecular flexibility index (Phi) is 5.99. The zero-order chi connectivity index (χ0) is 23.3. The van der Waals surface area contributed by atoms with Gasteiger partial charge in [-0.25, -0.2) is 0 Å². The van der Waals surface area contributed by atoms with Crippen molar-refractivity contribution in [3.05, 3.63) is 137 Å². The highest BCUT2D eigenvalue weighted by Gasteiger charge is 2.22. The molecule has 2 aromatic heterocycles. The minimum atomic E-state index is -0.391. The van der Waals surface area contributed by atoms with E-state index in [0.717, 1.165) is 22.4 Å². The maximum absolute atomic E-state index is 13.5. The van der Waals surface area contributed by atoms with Crippen LogP contribution in [-0.4, -0.2) is 15.8 Å². The number of fused-ring (bicyclic) bond motifs is 1. The third-order valence-corrected chi connectivity index (χ3v) is 5.71. The van der Waals surface area contributed by atoms with E-state index in [1.54, 1.807) is 35.4 Å². The highest BCUT2D eigenvalue weighted by molar-refractivity contribution is 5.96. The number of amides is 1. The van der Waals surface area contributed by atoms with Gasteiger partial charge in [0, 0.05) is 12.7 Å². The Labute approximate surface area is 196 Å². The fourth-order valence-corrected chi connectivity index (χ4v) is 3.94. The monoisotopic (exact) mass is 446 g/mol.